The Morgan fingerprint density at radius 3 is 1.91 bits per heavy atom. The van der Waals surface area contributed by atoms with E-state index in [9.17, 15) is 27.6 Å². The summed E-state index contributed by atoms with van der Waals surface area (Å²) < 4.78 is 26.1. The number of hydrogen-bond donors (Lipinski definition) is 5. The number of rotatable bonds is 17. The van der Waals surface area contributed by atoms with Crippen molar-refractivity contribution in [3.05, 3.63) is 130 Å². The average Bonchev–Trinajstić information content (AvgIpc) is 3.15. The van der Waals surface area contributed by atoms with Gasteiger partial charge in [-0.3, -0.25) is 23.5 Å². The standard InChI is InChI=1S/C41H49ClN6O6S/c1-26(2)37(41(52)45-34-18-11-8-12-19-34)47-38(49)28(4)43-25-35(20-29-14-9-7-10-15-29)46-40(51)32-21-31(23-36(24-32)48(5)55(6,53)54)39(50)44-27(3)30-16-13-17-33(42)22-30/h7-19,21-24,26-28,35,37,43H,20,25H2,1-6H3,(H,44,50)(H,45,52)(H,46,51)(H,47,49)/t27-,28+,35+,37+/m1/s1. The normalized spacial score (nSPS) is 13.5. The molecule has 292 valence electrons. The minimum Gasteiger partial charge on any atom is -0.348 e. The summed E-state index contributed by atoms with van der Waals surface area (Å²) in [7, 11) is -2.42. The monoisotopic (exact) mass is 788 g/mol. The predicted octanol–water partition coefficient (Wildman–Crippen LogP) is 5.33. The van der Waals surface area contributed by atoms with Gasteiger partial charge in [0.25, 0.3) is 11.8 Å². The second-order valence-corrected chi connectivity index (χ2v) is 16.3. The lowest BCUT2D eigenvalue weighted by atomic mass is 10.0. The van der Waals surface area contributed by atoms with Gasteiger partial charge in [0.05, 0.1) is 24.0 Å². The van der Waals surface area contributed by atoms with E-state index in [-0.39, 0.29) is 35.2 Å². The first-order chi connectivity index (χ1) is 26.0. The molecule has 0 spiro atoms. The van der Waals surface area contributed by atoms with E-state index in [1.165, 1.54) is 25.2 Å². The van der Waals surface area contributed by atoms with Gasteiger partial charge in [0.2, 0.25) is 21.8 Å². The Balaban J connectivity index is 1.53. The molecule has 0 aromatic heterocycles. The number of nitrogens with zero attached hydrogens (tertiary/aromatic N) is 1. The van der Waals surface area contributed by atoms with Crippen LogP contribution < -0.4 is 30.9 Å². The van der Waals surface area contributed by atoms with E-state index in [2.05, 4.69) is 26.6 Å². The van der Waals surface area contributed by atoms with E-state index in [0.29, 0.717) is 17.1 Å². The van der Waals surface area contributed by atoms with Crippen molar-refractivity contribution in [3.63, 3.8) is 0 Å². The number of anilines is 2. The largest absolute Gasteiger partial charge is 0.348 e. The summed E-state index contributed by atoms with van der Waals surface area (Å²) in [6.45, 7) is 7.30. The molecule has 0 fully saturated rings. The number of sulfonamides is 1. The maximum Gasteiger partial charge on any atom is 0.251 e. The SMILES string of the molecule is CC(C)[C@H](NC(=O)[C@H](C)NC[C@H](Cc1ccccc1)NC(=O)c1cc(C(=O)N[C@H](C)c2cccc(Cl)c2)cc(N(C)S(C)(=O)=O)c1)C(=O)Nc1ccccc1. The number of carbonyl (C=O) groups excluding carboxylic acids is 4. The van der Waals surface area contributed by atoms with Crippen LogP contribution in [0.5, 0.6) is 0 Å². The minimum absolute atomic E-state index is 0.0571. The van der Waals surface area contributed by atoms with Crippen LogP contribution in [-0.4, -0.2) is 70.0 Å². The summed E-state index contributed by atoms with van der Waals surface area (Å²) >= 11 is 6.15. The smallest absolute Gasteiger partial charge is 0.251 e. The van der Waals surface area contributed by atoms with Crippen molar-refractivity contribution >= 4 is 56.6 Å². The van der Waals surface area contributed by atoms with E-state index in [4.69, 9.17) is 11.6 Å². The first-order valence-electron chi connectivity index (χ1n) is 17.9. The van der Waals surface area contributed by atoms with Gasteiger partial charge in [-0.15, -0.1) is 0 Å². The number of amides is 4. The van der Waals surface area contributed by atoms with Gasteiger partial charge in [0, 0.05) is 41.5 Å². The zero-order chi connectivity index (χ0) is 40.3. The molecule has 4 amide bonds. The van der Waals surface area contributed by atoms with Crippen LogP contribution >= 0.6 is 11.6 Å². The second-order valence-electron chi connectivity index (χ2n) is 13.8. The summed E-state index contributed by atoms with van der Waals surface area (Å²) in [5.41, 5.74) is 2.55. The average molecular weight is 789 g/mol. The fourth-order valence-corrected chi connectivity index (χ4v) is 6.38. The zero-order valence-electron chi connectivity index (χ0n) is 31.8. The van der Waals surface area contributed by atoms with Gasteiger partial charge in [0.1, 0.15) is 6.04 Å². The van der Waals surface area contributed by atoms with Crippen LogP contribution in [0.1, 0.15) is 65.6 Å². The third kappa shape index (κ3) is 12.7. The first kappa shape index (κ1) is 42.5. The Kier molecular flexibility index (Phi) is 15.0. The molecule has 12 nitrogen and oxygen atoms in total. The van der Waals surface area contributed by atoms with Gasteiger partial charge in [-0.1, -0.05) is 86.1 Å². The molecule has 4 aromatic rings. The highest BCUT2D eigenvalue weighted by atomic mass is 35.5. The molecule has 0 aliphatic heterocycles. The predicted molar refractivity (Wildman–Crippen MR) is 218 cm³/mol. The maximum absolute atomic E-state index is 14.0. The zero-order valence-corrected chi connectivity index (χ0v) is 33.4. The highest BCUT2D eigenvalue weighted by molar-refractivity contribution is 7.92. The van der Waals surface area contributed by atoms with E-state index in [0.717, 1.165) is 21.7 Å². The fraction of sp³-hybridized carbons (Fsp3) is 0.317. The number of hydrogen-bond acceptors (Lipinski definition) is 7. The molecular weight excluding hydrogens is 740 g/mol. The molecule has 4 atom stereocenters. The Morgan fingerprint density at radius 2 is 1.33 bits per heavy atom. The molecule has 0 saturated carbocycles. The molecule has 55 heavy (non-hydrogen) atoms. The molecule has 14 heteroatoms. The molecular formula is C41H49ClN6O6S. The molecule has 0 bridgehead atoms. The first-order valence-corrected chi connectivity index (χ1v) is 20.1. The van der Waals surface area contributed by atoms with Gasteiger partial charge in [-0.25, -0.2) is 8.42 Å². The van der Waals surface area contributed by atoms with Crippen LogP contribution in [0.3, 0.4) is 0 Å². The Hall–Kier alpha value is -5.24. The van der Waals surface area contributed by atoms with Gasteiger partial charge >= 0.3 is 0 Å². The van der Waals surface area contributed by atoms with Crippen LogP contribution in [0.2, 0.25) is 5.02 Å². The molecule has 0 radical (unpaired) electrons. The number of para-hydroxylation sites is 1. The molecule has 0 heterocycles. The van der Waals surface area contributed by atoms with Crippen LogP contribution in [0.15, 0.2) is 103 Å². The van der Waals surface area contributed by atoms with Crippen LogP contribution in [-0.2, 0) is 26.0 Å². The Bertz CT molecular complexity index is 2070. The van der Waals surface area contributed by atoms with Gasteiger partial charge in [-0.05, 0) is 79.8 Å². The van der Waals surface area contributed by atoms with E-state index in [1.54, 1.807) is 56.3 Å². The summed E-state index contributed by atoms with van der Waals surface area (Å²) in [5.74, 6) is -2.02. The molecule has 4 aromatic carbocycles. The number of halogens is 1. The summed E-state index contributed by atoms with van der Waals surface area (Å²) in [5, 5.41) is 15.3. The third-order valence-electron chi connectivity index (χ3n) is 9.01. The number of nitrogens with one attached hydrogen (secondary N) is 5. The van der Waals surface area contributed by atoms with Crippen molar-refractivity contribution in [1.29, 1.82) is 0 Å². The van der Waals surface area contributed by atoms with E-state index in [1.807, 2.05) is 56.3 Å². The van der Waals surface area contributed by atoms with Crippen LogP contribution in [0.4, 0.5) is 11.4 Å². The fourth-order valence-electron chi connectivity index (χ4n) is 5.69. The molecule has 0 saturated heterocycles. The maximum atomic E-state index is 14.0. The topological polar surface area (TPSA) is 166 Å². The lowest BCUT2D eigenvalue weighted by Crippen LogP contribution is -2.54. The summed E-state index contributed by atoms with van der Waals surface area (Å²) in [6.07, 6.45) is 1.41. The Labute approximate surface area is 328 Å². The third-order valence-corrected chi connectivity index (χ3v) is 10.5. The summed E-state index contributed by atoms with van der Waals surface area (Å²) in [6, 6.07) is 27.2. The quantitative estimate of drug-likeness (QED) is 0.0966. The van der Waals surface area contributed by atoms with Crippen molar-refractivity contribution in [3.8, 4) is 0 Å². The van der Waals surface area contributed by atoms with Crippen molar-refractivity contribution in [2.24, 2.45) is 5.92 Å². The van der Waals surface area contributed by atoms with Crippen molar-refractivity contribution in [2.45, 2.75) is 58.3 Å². The van der Waals surface area contributed by atoms with Crippen molar-refractivity contribution in [1.82, 2.24) is 21.3 Å². The number of carbonyl (C=O) groups is 4. The lowest BCUT2D eigenvalue weighted by Gasteiger charge is -2.26. The van der Waals surface area contributed by atoms with Crippen LogP contribution in [0, 0.1) is 5.92 Å². The van der Waals surface area contributed by atoms with Crippen LogP contribution in [0.25, 0.3) is 0 Å². The minimum atomic E-state index is -3.76. The molecule has 0 unspecified atom stereocenters. The molecule has 4 rings (SSSR count). The highest BCUT2D eigenvalue weighted by Crippen LogP contribution is 2.23. The highest BCUT2D eigenvalue weighted by Gasteiger charge is 2.27. The summed E-state index contributed by atoms with van der Waals surface area (Å²) in [4.78, 5) is 54.0. The molecule has 5 N–H and O–H groups in total. The molecule has 0 aliphatic carbocycles. The molecule has 0 aliphatic rings. The lowest BCUT2D eigenvalue weighted by molar-refractivity contribution is -0.128. The van der Waals surface area contributed by atoms with Gasteiger partial charge in [-0.2, -0.15) is 0 Å². The second kappa shape index (κ2) is 19.4. The number of benzene rings is 4. The van der Waals surface area contributed by atoms with E-state index < -0.39 is 51.9 Å². The van der Waals surface area contributed by atoms with Crippen molar-refractivity contribution < 1.29 is 27.6 Å². The van der Waals surface area contributed by atoms with E-state index >= 15 is 0 Å². The van der Waals surface area contributed by atoms with Gasteiger partial charge in [0.15, 0.2) is 0 Å². The van der Waals surface area contributed by atoms with Gasteiger partial charge < -0.3 is 26.6 Å². The Morgan fingerprint density at radius 1 is 0.727 bits per heavy atom. The van der Waals surface area contributed by atoms with Crippen molar-refractivity contribution in [2.75, 3.05) is 29.5 Å².